The molecule has 0 spiro atoms. The van der Waals surface area contributed by atoms with E-state index in [4.69, 9.17) is 4.42 Å². The predicted molar refractivity (Wildman–Crippen MR) is 110 cm³/mol. The van der Waals surface area contributed by atoms with Gasteiger partial charge in [-0.2, -0.15) is 0 Å². The molecule has 0 atom stereocenters. The molecule has 0 saturated heterocycles. The van der Waals surface area contributed by atoms with Crippen LogP contribution in [0.25, 0.3) is 11.5 Å². The number of carbonyl (C=O) groups excluding carboxylic acids is 1. The molecule has 6 heteroatoms. The number of amides is 1. The zero-order chi connectivity index (χ0) is 19.9. The average molecular weight is 386 g/mol. The van der Waals surface area contributed by atoms with E-state index in [2.05, 4.69) is 32.0 Å². The number of aromatic nitrogens is 3. The Morgan fingerprint density at radius 3 is 2.59 bits per heavy atom. The first-order chi connectivity index (χ1) is 14.3. The van der Waals surface area contributed by atoms with E-state index in [1.807, 2.05) is 54.7 Å². The Morgan fingerprint density at radius 2 is 1.79 bits per heavy atom. The van der Waals surface area contributed by atoms with Gasteiger partial charge in [0.2, 0.25) is 11.8 Å². The van der Waals surface area contributed by atoms with Crippen LogP contribution in [0.5, 0.6) is 0 Å². The van der Waals surface area contributed by atoms with Crippen molar-refractivity contribution in [2.75, 3.05) is 6.54 Å². The maximum Gasteiger partial charge on any atom is 0.226 e. The second-order valence-electron chi connectivity index (χ2n) is 6.74. The first-order valence-electron chi connectivity index (χ1n) is 9.58. The van der Waals surface area contributed by atoms with Gasteiger partial charge < -0.3 is 14.3 Å². The minimum Gasteiger partial charge on any atom is -0.444 e. The summed E-state index contributed by atoms with van der Waals surface area (Å²) in [5.74, 6) is 1.39. The van der Waals surface area contributed by atoms with Gasteiger partial charge in [0.1, 0.15) is 12.1 Å². The Labute approximate surface area is 169 Å². The van der Waals surface area contributed by atoms with Gasteiger partial charge in [-0.05, 0) is 17.7 Å². The maximum atomic E-state index is 12.2. The molecule has 0 aliphatic carbocycles. The highest BCUT2D eigenvalue weighted by Crippen LogP contribution is 2.18. The largest absolute Gasteiger partial charge is 0.444 e. The monoisotopic (exact) mass is 386 g/mol. The summed E-state index contributed by atoms with van der Waals surface area (Å²) in [6.07, 6.45) is 6.15. The lowest BCUT2D eigenvalue weighted by Gasteiger charge is -2.08. The van der Waals surface area contributed by atoms with E-state index in [0.717, 1.165) is 17.9 Å². The van der Waals surface area contributed by atoms with Crippen LogP contribution in [0.1, 0.15) is 17.1 Å². The molecule has 0 radical (unpaired) electrons. The SMILES string of the molecule is O=C(Cc1coc(-c2ccccc2)n1)NCCc1nccn1Cc1ccccc1. The van der Waals surface area contributed by atoms with Gasteiger partial charge in [-0.25, -0.2) is 9.97 Å². The molecule has 2 aromatic carbocycles. The van der Waals surface area contributed by atoms with E-state index in [9.17, 15) is 4.79 Å². The van der Waals surface area contributed by atoms with Crippen molar-refractivity contribution in [3.63, 3.8) is 0 Å². The quantitative estimate of drug-likeness (QED) is 0.503. The van der Waals surface area contributed by atoms with Crippen molar-refractivity contribution in [2.45, 2.75) is 19.4 Å². The second kappa shape index (κ2) is 9.01. The molecule has 0 fully saturated rings. The Hall–Kier alpha value is -3.67. The van der Waals surface area contributed by atoms with Crippen LogP contribution in [-0.4, -0.2) is 27.0 Å². The number of hydrogen-bond acceptors (Lipinski definition) is 4. The van der Waals surface area contributed by atoms with E-state index in [0.29, 0.717) is 24.6 Å². The Bertz CT molecular complexity index is 1050. The van der Waals surface area contributed by atoms with Gasteiger partial charge in [0.05, 0.1) is 12.1 Å². The van der Waals surface area contributed by atoms with Crippen LogP contribution in [0.15, 0.2) is 83.7 Å². The van der Waals surface area contributed by atoms with Crippen LogP contribution in [0.4, 0.5) is 0 Å². The van der Waals surface area contributed by atoms with E-state index < -0.39 is 0 Å². The van der Waals surface area contributed by atoms with Crippen molar-refractivity contribution in [3.05, 3.63) is 96.4 Å². The number of rotatable bonds is 8. The first-order valence-corrected chi connectivity index (χ1v) is 9.58. The minimum atomic E-state index is -0.0842. The molecule has 0 saturated carbocycles. The lowest BCUT2D eigenvalue weighted by molar-refractivity contribution is -0.120. The van der Waals surface area contributed by atoms with Gasteiger partial charge in [0.15, 0.2) is 0 Å². The number of carbonyl (C=O) groups is 1. The van der Waals surface area contributed by atoms with Crippen LogP contribution in [0.2, 0.25) is 0 Å². The summed E-state index contributed by atoms with van der Waals surface area (Å²) in [5, 5.41) is 2.94. The normalized spacial score (nSPS) is 10.8. The Morgan fingerprint density at radius 1 is 1.03 bits per heavy atom. The molecule has 4 aromatic rings. The molecule has 1 amide bonds. The number of benzene rings is 2. The molecule has 0 aliphatic heterocycles. The van der Waals surface area contributed by atoms with Crippen molar-refractivity contribution in [1.29, 1.82) is 0 Å². The van der Waals surface area contributed by atoms with Crippen LogP contribution in [0, 0.1) is 0 Å². The lowest BCUT2D eigenvalue weighted by Crippen LogP contribution is -2.28. The number of nitrogens with one attached hydrogen (secondary N) is 1. The summed E-state index contributed by atoms with van der Waals surface area (Å²) in [5.41, 5.74) is 2.73. The standard InChI is InChI=1S/C23H22N4O2/c28-22(15-20-17-29-23(26-20)19-9-5-2-6-10-19)25-12-11-21-24-13-14-27(21)16-18-7-3-1-4-8-18/h1-10,13-14,17H,11-12,15-16H2,(H,25,28). The molecule has 0 bridgehead atoms. The zero-order valence-electron chi connectivity index (χ0n) is 16.0. The van der Waals surface area contributed by atoms with Crippen LogP contribution in [-0.2, 0) is 24.2 Å². The first kappa shape index (κ1) is 18.7. The van der Waals surface area contributed by atoms with E-state index >= 15 is 0 Å². The fraction of sp³-hybridized carbons (Fsp3) is 0.174. The minimum absolute atomic E-state index is 0.0842. The highest BCUT2D eigenvalue weighted by atomic mass is 16.3. The van der Waals surface area contributed by atoms with Gasteiger partial charge >= 0.3 is 0 Å². The molecule has 2 aromatic heterocycles. The van der Waals surface area contributed by atoms with E-state index in [1.54, 1.807) is 6.20 Å². The lowest BCUT2D eigenvalue weighted by atomic mass is 10.2. The maximum absolute atomic E-state index is 12.2. The third kappa shape index (κ3) is 4.99. The Balaban J connectivity index is 1.27. The van der Waals surface area contributed by atoms with Crippen LogP contribution >= 0.6 is 0 Å². The number of oxazole rings is 1. The number of nitrogens with zero attached hydrogens (tertiary/aromatic N) is 3. The number of hydrogen-bond donors (Lipinski definition) is 1. The van der Waals surface area contributed by atoms with Crippen molar-refractivity contribution in [1.82, 2.24) is 19.9 Å². The molecule has 4 rings (SSSR count). The molecule has 29 heavy (non-hydrogen) atoms. The van der Waals surface area contributed by atoms with Gasteiger partial charge in [-0.15, -0.1) is 0 Å². The van der Waals surface area contributed by atoms with Crippen molar-refractivity contribution in [3.8, 4) is 11.5 Å². The molecule has 0 unspecified atom stereocenters. The zero-order valence-corrected chi connectivity index (χ0v) is 16.0. The van der Waals surface area contributed by atoms with E-state index in [1.165, 1.54) is 11.8 Å². The molecule has 146 valence electrons. The number of imidazole rings is 1. The summed E-state index contributed by atoms with van der Waals surface area (Å²) >= 11 is 0. The molecule has 1 N–H and O–H groups in total. The molecule has 6 nitrogen and oxygen atoms in total. The molecular weight excluding hydrogens is 364 g/mol. The van der Waals surface area contributed by atoms with Gasteiger partial charge in [-0.1, -0.05) is 48.5 Å². The topological polar surface area (TPSA) is 73.0 Å². The van der Waals surface area contributed by atoms with E-state index in [-0.39, 0.29) is 12.3 Å². The summed E-state index contributed by atoms with van der Waals surface area (Å²) < 4.78 is 7.59. The average Bonchev–Trinajstić information content (AvgIpc) is 3.39. The smallest absolute Gasteiger partial charge is 0.226 e. The summed E-state index contributed by atoms with van der Waals surface area (Å²) in [4.78, 5) is 21.1. The molecule has 2 heterocycles. The fourth-order valence-electron chi connectivity index (χ4n) is 3.13. The summed E-state index contributed by atoms with van der Waals surface area (Å²) in [7, 11) is 0. The third-order valence-corrected chi connectivity index (χ3v) is 4.58. The highest BCUT2D eigenvalue weighted by molar-refractivity contribution is 5.78. The third-order valence-electron chi connectivity index (χ3n) is 4.58. The van der Waals surface area contributed by atoms with Crippen LogP contribution in [0.3, 0.4) is 0 Å². The van der Waals surface area contributed by atoms with Crippen molar-refractivity contribution < 1.29 is 9.21 Å². The summed E-state index contributed by atoms with van der Waals surface area (Å²) in [6.45, 7) is 1.29. The predicted octanol–water partition coefficient (Wildman–Crippen LogP) is 3.49. The van der Waals surface area contributed by atoms with Gasteiger partial charge in [0.25, 0.3) is 0 Å². The van der Waals surface area contributed by atoms with Gasteiger partial charge in [0, 0.05) is 37.5 Å². The summed E-state index contributed by atoms with van der Waals surface area (Å²) in [6, 6.07) is 19.9. The highest BCUT2D eigenvalue weighted by Gasteiger charge is 2.11. The van der Waals surface area contributed by atoms with Gasteiger partial charge in [-0.3, -0.25) is 4.79 Å². The van der Waals surface area contributed by atoms with Crippen molar-refractivity contribution in [2.24, 2.45) is 0 Å². The Kier molecular flexibility index (Phi) is 5.81. The molecular formula is C23H22N4O2. The molecule has 0 aliphatic rings. The second-order valence-corrected chi connectivity index (χ2v) is 6.74. The fourth-order valence-corrected chi connectivity index (χ4v) is 3.13. The van der Waals surface area contributed by atoms with Crippen molar-refractivity contribution >= 4 is 5.91 Å². The van der Waals surface area contributed by atoms with Crippen LogP contribution < -0.4 is 5.32 Å².